The molecule has 0 atom stereocenters. The standard InChI is InChI=1S/C19H28N6O/c1-14-10-15(2)17(23-11-14)12-25(9-4-3-7-20)13-18-16(24-19(21)26)6-5-8-22-18/h5-6,8,10-11H,3-4,7,9,12-13,20H2,1-2H3,(H3,21,24,26). The molecule has 5 N–H and O–H groups in total. The van der Waals surface area contributed by atoms with Crippen LogP contribution in [0.5, 0.6) is 0 Å². The van der Waals surface area contributed by atoms with Crippen LogP contribution >= 0.6 is 0 Å². The molecule has 2 rings (SSSR count). The van der Waals surface area contributed by atoms with Gasteiger partial charge in [0, 0.05) is 25.5 Å². The number of primary amides is 1. The maximum absolute atomic E-state index is 11.2. The average molecular weight is 356 g/mol. The van der Waals surface area contributed by atoms with E-state index in [9.17, 15) is 4.79 Å². The fraction of sp³-hybridized carbons (Fsp3) is 0.421. The molecule has 26 heavy (non-hydrogen) atoms. The van der Waals surface area contributed by atoms with Crippen molar-refractivity contribution in [1.29, 1.82) is 0 Å². The molecule has 0 aliphatic heterocycles. The van der Waals surface area contributed by atoms with Crippen molar-refractivity contribution in [3.05, 3.63) is 53.1 Å². The van der Waals surface area contributed by atoms with Gasteiger partial charge in [-0.05, 0) is 63.0 Å². The number of nitrogens with zero attached hydrogens (tertiary/aromatic N) is 3. The Morgan fingerprint density at radius 2 is 1.96 bits per heavy atom. The number of nitrogens with one attached hydrogen (secondary N) is 1. The van der Waals surface area contributed by atoms with Gasteiger partial charge in [0.25, 0.3) is 0 Å². The minimum absolute atomic E-state index is 0.593. The van der Waals surface area contributed by atoms with E-state index in [1.165, 1.54) is 5.56 Å². The normalized spacial score (nSPS) is 10.9. The largest absolute Gasteiger partial charge is 0.351 e. The summed E-state index contributed by atoms with van der Waals surface area (Å²) in [6.07, 6.45) is 5.56. The van der Waals surface area contributed by atoms with E-state index in [0.717, 1.165) is 36.3 Å². The van der Waals surface area contributed by atoms with E-state index in [1.54, 1.807) is 18.3 Å². The maximum Gasteiger partial charge on any atom is 0.316 e. The van der Waals surface area contributed by atoms with Crippen LogP contribution in [0.1, 0.15) is 35.4 Å². The summed E-state index contributed by atoms with van der Waals surface area (Å²) in [5.41, 5.74) is 15.7. The van der Waals surface area contributed by atoms with E-state index in [2.05, 4.69) is 33.2 Å². The molecule has 0 aromatic carbocycles. The zero-order valence-corrected chi connectivity index (χ0v) is 15.5. The minimum atomic E-state index is -0.593. The Bertz CT molecular complexity index is 734. The molecule has 140 valence electrons. The molecule has 0 radical (unpaired) electrons. The summed E-state index contributed by atoms with van der Waals surface area (Å²) >= 11 is 0. The van der Waals surface area contributed by atoms with Crippen LogP contribution in [0.15, 0.2) is 30.6 Å². The summed E-state index contributed by atoms with van der Waals surface area (Å²) < 4.78 is 0. The first-order valence-electron chi connectivity index (χ1n) is 8.84. The molecule has 7 heteroatoms. The fourth-order valence-electron chi connectivity index (χ4n) is 2.84. The summed E-state index contributed by atoms with van der Waals surface area (Å²) in [6, 6.07) is 5.13. The second kappa shape index (κ2) is 9.84. The molecule has 2 heterocycles. The van der Waals surface area contributed by atoms with Gasteiger partial charge >= 0.3 is 6.03 Å². The molecule has 2 amide bonds. The van der Waals surface area contributed by atoms with Crippen LogP contribution in [0.2, 0.25) is 0 Å². The summed E-state index contributed by atoms with van der Waals surface area (Å²) in [7, 11) is 0. The van der Waals surface area contributed by atoms with Crippen molar-refractivity contribution in [2.24, 2.45) is 11.5 Å². The quantitative estimate of drug-likeness (QED) is 0.597. The van der Waals surface area contributed by atoms with Gasteiger partial charge < -0.3 is 16.8 Å². The van der Waals surface area contributed by atoms with Crippen LogP contribution in [0.3, 0.4) is 0 Å². The molecule has 0 fully saturated rings. The lowest BCUT2D eigenvalue weighted by atomic mass is 10.1. The average Bonchev–Trinajstić information content (AvgIpc) is 2.58. The first-order chi connectivity index (χ1) is 12.5. The molecule has 0 saturated carbocycles. The Kier molecular flexibility index (Phi) is 7.50. The Morgan fingerprint density at radius 1 is 1.19 bits per heavy atom. The SMILES string of the molecule is Cc1cnc(CN(CCCCN)Cc2ncccc2NC(N)=O)c(C)c1. The van der Waals surface area contributed by atoms with Gasteiger partial charge in [0.1, 0.15) is 0 Å². The number of aromatic nitrogens is 2. The highest BCUT2D eigenvalue weighted by atomic mass is 16.2. The third-order valence-corrected chi connectivity index (χ3v) is 4.15. The molecular formula is C19H28N6O. The van der Waals surface area contributed by atoms with Crippen molar-refractivity contribution < 1.29 is 4.79 Å². The number of unbranched alkanes of at least 4 members (excludes halogenated alkanes) is 1. The number of carbonyl (C=O) groups excluding carboxylic acids is 1. The third-order valence-electron chi connectivity index (χ3n) is 4.15. The first kappa shape index (κ1) is 19.8. The number of anilines is 1. The van der Waals surface area contributed by atoms with Crippen LogP contribution in [0.4, 0.5) is 10.5 Å². The molecule has 0 spiro atoms. The molecule has 0 aliphatic carbocycles. The smallest absolute Gasteiger partial charge is 0.316 e. The lowest BCUT2D eigenvalue weighted by molar-refractivity contribution is 0.245. The monoisotopic (exact) mass is 356 g/mol. The molecule has 0 bridgehead atoms. The molecular weight excluding hydrogens is 328 g/mol. The summed E-state index contributed by atoms with van der Waals surface area (Å²) in [4.78, 5) is 22.5. The Labute approximate surface area is 154 Å². The molecule has 2 aromatic rings. The van der Waals surface area contributed by atoms with E-state index in [4.69, 9.17) is 11.5 Å². The van der Waals surface area contributed by atoms with Gasteiger partial charge in [-0.2, -0.15) is 0 Å². The number of hydrogen-bond acceptors (Lipinski definition) is 5. The molecule has 0 unspecified atom stereocenters. The van der Waals surface area contributed by atoms with Gasteiger partial charge in [-0.25, -0.2) is 4.79 Å². The van der Waals surface area contributed by atoms with E-state index in [0.29, 0.717) is 25.3 Å². The highest BCUT2D eigenvalue weighted by molar-refractivity contribution is 5.88. The van der Waals surface area contributed by atoms with Gasteiger partial charge in [-0.1, -0.05) is 6.07 Å². The Balaban J connectivity index is 2.18. The number of amides is 2. The third kappa shape index (κ3) is 6.09. The van der Waals surface area contributed by atoms with Gasteiger partial charge in [0.15, 0.2) is 0 Å². The topological polar surface area (TPSA) is 110 Å². The van der Waals surface area contributed by atoms with Crippen molar-refractivity contribution in [3.8, 4) is 0 Å². The van der Waals surface area contributed by atoms with E-state index >= 15 is 0 Å². The number of nitrogens with two attached hydrogens (primary N) is 2. The van der Waals surface area contributed by atoms with Crippen LogP contribution in [-0.4, -0.2) is 34.0 Å². The summed E-state index contributed by atoms with van der Waals surface area (Å²) in [6.45, 7) is 6.97. The predicted octanol–water partition coefficient (Wildman–Crippen LogP) is 2.33. The van der Waals surface area contributed by atoms with Crippen LogP contribution in [-0.2, 0) is 13.1 Å². The van der Waals surface area contributed by atoms with Gasteiger partial charge in [-0.15, -0.1) is 0 Å². The Morgan fingerprint density at radius 3 is 2.65 bits per heavy atom. The highest BCUT2D eigenvalue weighted by Crippen LogP contribution is 2.17. The van der Waals surface area contributed by atoms with Crippen LogP contribution in [0, 0.1) is 13.8 Å². The minimum Gasteiger partial charge on any atom is -0.351 e. The maximum atomic E-state index is 11.2. The van der Waals surface area contributed by atoms with Gasteiger partial charge in [-0.3, -0.25) is 14.9 Å². The molecule has 0 saturated heterocycles. The number of aryl methyl sites for hydroxylation is 2. The zero-order valence-electron chi connectivity index (χ0n) is 15.5. The number of urea groups is 1. The van der Waals surface area contributed by atoms with E-state index < -0.39 is 6.03 Å². The molecule has 0 aliphatic rings. The van der Waals surface area contributed by atoms with Crippen LogP contribution < -0.4 is 16.8 Å². The lowest BCUT2D eigenvalue weighted by Crippen LogP contribution is -2.27. The van der Waals surface area contributed by atoms with Crippen molar-refractivity contribution in [1.82, 2.24) is 14.9 Å². The molecule has 7 nitrogen and oxygen atoms in total. The van der Waals surface area contributed by atoms with Crippen molar-refractivity contribution >= 4 is 11.7 Å². The number of carbonyl (C=O) groups is 1. The highest BCUT2D eigenvalue weighted by Gasteiger charge is 2.14. The van der Waals surface area contributed by atoms with Gasteiger partial charge in [0.2, 0.25) is 0 Å². The van der Waals surface area contributed by atoms with Gasteiger partial charge in [0.05, 0.1) is 17.1 Å². The summed E-state index contributed by atoms with van der Waals surface area (Å²) in [5.74, 6) is 0. The number of pyridine rings is 2. The zero-order chi connectivity index (χ0) is 18.9. The van der Waals surface area contributed by atoms with Crippen molar-refractivity contribution in [2.75, 3.05) is 18.4 Å². The summed E-state index contributed by atoms with van der Waals surface area (Å²) in [5, 5.41) is 2.64. The number of rotatable bonds is 9. The fourth-order valence-corrected chi connectivity index (χ4v) is 2.84. The van der Waals surface area contributed by atoms with E-state index in [-0.39, 0.29) is 0 Å². The lowest BCUT2D eigenvalue weighted by Gasteiger charge is -2.23. The molecule has 2 aromatic heterocycles. The van der Waals surface area contributed by atoms with Crippen LogP contribution in [0.25, 0.3) is 0 Å². The second-order valence-corrected chi connectivity index (χ2v) is 6.47. The number of hydrogen-bond donors (Lipinski definition) is 3. The van der Waals surface area contributed by atoms with E-state index in [1.807, 2.05) is 13.1 Å². The second-order valence-electron chi connectivity index (χ2n) is 6.47. The van der Waals surface area contributed by atoms with Crippen molar-refractivity contribution in [3.63, 3.8) is 0 Å². The van der Waals surface area contributed by atoms with Crippen molar-refractivity contribution in [2.45, 2.75) is 39.8 Å². The Hall–Kier alpha value is -2.51. The first-order valence-corrected chi connectivity index (χ1v) is 8.84. The predicted molar refractivity (Wildman–Crippen MR) is 104 cm³/mol.